The van der Waals surface area contributed by atoms with Crippen LogP contribution in [0.1, 0.15) is 16.7 Å². The molecule has 0 saturated carbocycles. The molecule has 0 fully saturated rings. The molecule has 0 aliphatic rings. The summed E-state index contributed by atoms with van der Waals surface area (Å²) in [4.78, 5) is 4.19. The third kappa shape index (κ3) is 4.98. The van der Waals surface area contributed by atoms with Crippen LogP contribution in [0.4, 0.5) is 4.39 Å². The standard InChI is InChI=1S/C19H24FN3O/c1-14-8-9-16(18(12-14)24-3)13-23-19(21-2)22-11-10-15-6-4-5-7-17(15)20/h4-9,12H,10-11,13H2,1-3H3,(H2,21,22,23). The van der Waals surface area contributed by atoms with Crippen molar-refractivity contribution in [2.45, 2.75) is 19.9 Å². The van der Waals surface area contributed by atoms with Crippen molar-refractivity contribution < 1.29 is 9.13 Å². The van der Waals surface area contributed by atoms with Crippen LogP contribution in [0.15, 0.2) is 47.5 Å². The predicted octanol–water partition coefficient (Wildman–Crippen LogP) is 3.05. The largest absolute Gasteiger partial charge is 0.496 e. The molecule has 0 amide bonds. The molecular formula is C19H24FN3O. The Morgan fingerprint density at radius 2 is 1.92 bits per heavy atom. The van der Waals surface area contributed by atoms with Crippen LogP contribution in [0.3, 0.4) is 0 Å². The molecule has 0 unspecified atom stereocenters. The van der Waals surface area contributed by atoms with E-state index < -0.39 is 0 Å². The van der Waals surface area contributed by atoms with Gasteiger partial charge in [-0.15, -0.1) is 0 Å². The third-order valence-corrected chi connectivity index (χ3v) is 3.76. The number of nitrogens with zero attached hydrogens (tertiary/aromatic N) is 1. The Bertz CT molecular complexity index is 701. The van der Waals surface area contributed by atoms with E-state index in [1.165, 1.54) is 6.07 Å². The van der Waals surface area contributed by atoms with Gasteiger partial charge in [-0.05, 0) is 36.6 Å². The first-order chi connectivity index (χ1) is 11.6. The maximum atomic E-state index is 13.6. The predicted molar refractivity (Wildman–Crippen MR) is 96.0 cm³/mol. The molecule has 0 aliphatic heterocycles. The average molecular weight is 329 g/mol. The highest BCUT2D eigenvalue weighted by atomic mass is 19.1. The molecule has 0 heterocycles. The van der Waals surface area contributed by atoms with Crippen LogP contribution in [0.5, 0.6) is 5.75 Å². The minimum atomic E-state index is -0.174. The topological polar surface area (TPSA) is 45.7 Å². The monoisotopic (exact) mass is 329 g/mol. The molecule has 5 heteroatoms. The Morgan fingerprint density at radius 3 is 2.62 bits per heavy atom. The van der Waals surface area contributed by atoms with E-state index >= 15 is 0 Å². The molecule has 2 rings (SSSR count). The van der Waals surface area contributed by atoms with Gasteiger partial charge in [-0.1, -0.05) is 30.3 Å². The Hall–Kier alpha value is -2.56. The first kappa shape index (κ1) is 17.8. The highest BCUT2D eigenvalue weighted by Crippen LogP contribution is 2.19. The molecule has 2 N–H and O–H groups in total. The summed E-state index contributed by atoms with van der Waals surface area (Å²) in [5.74, 6) is 1.35. The summed E-state index contributed by atoms with van der Waals surface area (Å²) in [6.07, 6.45) is 0.598. The number of rotatable bonds is 6. The van der Waals surface area contributed by atoms with E-state index in [0.717, 1.165) is 16.9 Å². The van der Waals surface area contributed by atoms with Gasteiger partial charge in [-0.2, -0.15) is 0 Å². The molecule has 0 atom stereocenters. The van der Waals surface area contributed by atoms with Gasteiger partial charge in [0.25, 0.3) is 0 Å². The van der Waals surface area contributed by atoms with Crippen molar-refractivity contribution in [3.63, 3.8) is 0 Å². The fraction of sp³-hybridized carbons (Fsp3) is 0.316. The molecule has 2 aromatic carbocycles. The SMILES string of the molecule is CN=C(NCCc1ccccc1F)NCc1ccc(C)cc1OC. The second-order valence-electron chi connectivity index (χ2n) is 5.51. The van der Waals surface area contributed by atoms with E-state index in [0.29, 0.717) is 31.0 Å². The summed E-state index contributed by atoms with van der Waals surface area (Å²) in [5, 5.41) is 6.44. The summed E-state index contributed by atoms with van der Waals surface area (Å²) >= 11 is 0. The zero-order valence-corrected chi connectivity index (χ0v) is 14.4. The lowest BCUT2D eigenvalue weighted by molar-refractivity contribution is 0.408. The molecule has 4 nitrogen and oxygen atoms in total. The third-order valence-electron chi connectivity index (χ3n) is 3.76. The molecular weight excluding hydrogens is 305 g/mol. The highest BCUT2D eigenvalue weighted by molar-refractivity contribution is 5.79. The van der Waals surface area contributed by atoms with E-state index in [1.54, 1.807) is 26.3 Å². The van der Waals surface area contributed by atoms with Gasteiger partial charge in [0.05, 0.1) is 7.11 Å². The lowest BCUT2D eigenvalue weighted by Crippen LogP contribution is -2.38. The first-order valence-corrected chi connectivity index (χ1v) is 7.95. The van der Waals surface area contributed by atoms with Crippen LogP contribution >= 0.6 is 0 Å². The summed E-state index contributed by atoms with van der Waals surface area (Å²) in [6, 6.07) is 12.9. The Morgan fingerprint density at radius 1 is 1.12 bits per heavy atom. The van der Waals surface area contributed by atoms with Crippen LogP contribution in [-0.2, 0) is 13.0 Å². The van der Waals surface area contributed by atoms with Crippen LogP contribution in [0.25, 0.3) is 0 Å². The number of guanidine groups is 1. The molecule has 24 heavy (non-hydrogen) atoms. The van der Waals surface area contributed by atoms with Crippen molar-refractivity contribution in [2.75, 3.05) is 20.7 Å². The summed E-state index contributed by atoms with van der Waals surface area (Å²) in [7, 11) is 3.38. The van der Waals surface area contributed by atoms with Gasteiger partial charge in [0.2, 0.25) is 0 Å². The van der Waals surface area contributed by atoms with Crippen molar-refractivity contribution in [3.05, 3.63) is 65.0 Å². The minimum absolute atomic E-state index is 0.174. The minimum Gasteiger partial charge on any atom is -0.496 e. The normalized spacial score (nSPS) is 11.2. The van der Waals surface area contributed by atoms with Gasteiger partial charge in [0, 0.05) is 25.7 Å². The van der Waals surface area contributed by atoms with Crippen LogP contribution < -0.4 is 15.4 Å². The van der Waals surface area contributed by atoms with Crippen LogP contribution in [-0.4, -0.2) is 26.7 Å². The number of ether oxygens (including phenoxy) is 1. The zero-order chi connectivity index (χ0) is 17.4. The fourth-order valence-corrected chi connectivity index (χ4v) is 2.41. The second kappa shape index (κ2) is 8.91. The van der Waals surface area contributed by atoms with Crippen LogP contribution in [0.2, 0.25) is 0 Å². The number of hydrogen-bond acceptors (Lipinski definition) is 2. The van der Waals surface area contributed by atoms with Crippen molar-refractivity contribution in [3.8, 4) is 5.75 Å². The first-order valence-electron chi connectivity index (χ1n) is 7.95. The van der Waals surface area contributed by atoms with Crippen molar-refractivity contribution in [2.24, 2.45) is 4.99 Å². The van der Waals surface area contributed by atoms with Crippen molar-refractivity contribution in [1.29, 1.82) is 0 Å². The van der Waals surface area contributed by atoms with Gasteiger partial charge in [0.15, 0.2) is 5.96 Å². The van der Waals surface area contributed by atoms with E-state index in [9.17, 15) is 4.39 Å². The molecule has 0 spiro atoms. The lowest BCUT2D eigenvalue weighted by atomic mass is 10.1. The van der Waals surface area contributed by atoms with Crippen molar-refractivity contribution in [1.82, 2.24) is 10.6 Å². The van der Waals surface area contributed by atoms with Gasteiger partial charge in [0.1, 0.15) is 11.6 Å². The molecule has 0 bridgehead atoms. The van der Waals surface area contributed by atoms with E-state index in [2.05, 4.69) is 15.6 Å². The Labute approximate surface area is 142 Å². The highest BCUT2D eigenvalue weighted by Gasteiger charge is 2.05. The fourth-order valence-electron chi connectivity index (χ4n) is 2.41. The maximum absolute atomic E-state index is 13.6. The molecule has 0 radical (unpaired) electrons. The smallest absolute Gasteiger partial charge is 0.191 e. The van der Waals surface area contributed by atoms with Gasteiger partial charge in [-0.3, -0.25) is 4.99 Å². The average Bonchev–Trinajstić information content (AvgIpc) is 2.60. The van der Waals surface area contributed by atoms with Gasteiger partial charge < -0.3 is 15.4 Å². The molecule has 0 aromatic heterocycles. The number of aliphatic imine (C=N–C) groups is 1. The number of nitrogens with one attached hydrogen (secondary N) is 2. The molecule has 2 aromatic rings. The van der Waals surface area contributed by atoms with Crippen LogP contribution in [0, 0.1) is 12.7 Å². The number of aryl methyl sites for hydroxylation is 1. The molecule has 128 valence electrons. The van der Waals surface area contributed by atoms with E-state index in [1.807, 2.05) is 31.2 Å². The second-order valence-corrected chi connectivity index (χ2v) is 5.51. The van der Waals surface area contributed by atoms with E-state index in [4.69, 9.17) is 4.74 Å². The summed E-state index contributed by atoms with van der Waals surface area (Å²) < 4.78 is 19.0. The van der Waals surface area contributed by atoms with E-state index in [-0.39, 0.29) is 5.82 Å². The quantitative estimate of drug-likeness (QED) is 0.632. The Balaban J connectivity index is 1.86. The number of methoxy groups -OCH3 is 1. The van der Waals surface area contributed by atoms with Gasteiger partial charge >= 0.3 is 0 Å². The van der Waals surface area contributed by atoms with Gasteiger partial charge in [-0.25, -0.2) is 4.39 Å². The molecule has 0 saturated heterocycles. The Kier molecular flexibility index (Phi) is 6.61. The number of halogens is 1. The lowest BCUT2D eigenvalue weighted by Gasteiger charge is -2.14. The zero-order valence-electron chi connectivity index (χ0n) is 14.4. The summed E-state index contributed by atoms with van der Waals surface area (Å²) in [6.45, 7) is 3.23. The van der Waals surface area contributed by atoms with Crippen molar-refractivity contribution >= 4 is 5.96 Å². The molecule has 0 aliphatic carbocycles. The maximum Gasteiger partial charge on any atom is 0.191 e. The summed E-state index contributed by atoms with van der Waals surface area (Å²) in [5.41, 5.74) is 2.91. The number of benzene rings is 2. The number of hydrogen-bond donors (Lipinski definition) is 2.